The molecule has 0 spiro atoms. The van der Waals surface area contributed by atoms with Gasteiger partial charge in [-0.15, -0.1) is 0 Å². The highest BCUT2D eigenvalue weighted by Crippen LogP contribution is 2.27. The largest absolute Gasteiger partial charge is 0.480 e. The molecular weight excluding hydrogens is 412 g/mol. The van der Waals surface area contributed by atoms with Gasteiger partial charge in [-0.05, 0) is 31.9 Å². The monoisotopic (exact) mass is 440 g/mol. The van der Waals surface area contributed by atoms with E-state index < -0.39 is 36.0 Å². The molecule has 9 heteroatoms. The number of hydrogen-bond acceptors (Lipinski definition) is 5. The zero-order valence-corrected chi connectivity index (χ0v) is 18.5. The minimum Gasteiger partial charge on any atom is -0.480 e. The number of benzene rings is 1. The highest BCUT2D eigenvalue weighted by Gasteiger charge is 2.32. The summed E-state index contributed by atoms with van der Waals surface area (Å²) in [6, 6.07) is 6.93. The van der Waals surface area contributed by atoms with Crippen LogP contribution in [0.1, 0.15) is 43.4 Å². The Hall–Kier alpha value is -3.46. The number of nitrogens with one attached hydrogen (secondary N) is 3. The number of H-pyrrole nitrogens is 1. The summed E-state index contributed by atoms with van der Waals surface area (Å²) in [5, 5.41) is 25.8. The van der Waals surface area contributed by atoms with Gasteiger partial charge >= 0.3 is 5.97 Å². The normalized spacial score (nSPS) is 15.2. The van der Waals surface area contributed by atoms with Crippen molar-refractivity contribution in [1.29, 1.82) is 0 Å². The Labute approximate surface area is 185 Å². The third kappa shape index (κ3) is 4.57. The molecule has 2 aromatic heterocycles. The number of amides is 2. The average molecular weight is 441 g/mol. The maximum absolute atomic E-state index is 13.1. The van der Waals surface area contributed by atoms with Gasteiger partial charge in [-0.1, -0.05) is 38.5 Å². The second kappa shape index (κ2) is 9.35. The van der Waals surface area contributed by atoms with Crippen molar-refractivity contribution in [2.24, 2.45) is 5.92 Å². The standard InChI is InChI=1S/C23H28N4O5/c1-5-11(2)18(22(30)27-20(13(4)28)23(31)32)26-21(29)17-10-15-14-8-6-7-9-16(14)25-19(15)12(3)24-17/h6-11,13,18,20,25,28H,5H2,1-4H3,(H,26,29)(H,27,30)(H,31,32). The van der Waals surface area contributed by atoms with E-state index in [4.69, 9.17) is 0 Å². The number of aromatic amines is 1. The first-order valence-electron chi connectivity index (χ1n) is 10.5. The number of para-hydroxylation sites is 1. The van der Waals surface area contributed by atoms with E-state index >= 15 is 0 Å². The van der Waals surface area contributed by atoms with Crippen LogP contribution < -0.4 is 10.6 Å². The van der Waals surface area contributed by atoms with Crippen LogP contribution in [0.15, 0.2) is 30.3 Å². The second-order valence-corrected chi connectivity index (χ2v) is 8.09. The topological polar surface area (TPSA) is 144 Å². The Morgan fingerprint density at radius 3 is 2.41 bits per heavy atom. The molecule has 0 aliphatic carbocycles. The molecule has 0 saturated heterocycles. The number of hydrogen-bond donors (Lipinski definition) is 5. The molecule has 9 nitrogen and oxygen atoms in total. The van der Waals surface area contributed by atoms with Gasteiger partial charge < -0.3 is 25.8 Å². The molecule has 4 atom stereocenters. The van der Waals surface area contributed by atoms with Crippen LogP contribution in [-0.4, -0.2) is 56.2 Å². The summed E-state index contributed by atoms with van der Waals surface area (Å²) in [6.07, 6.45) is -0.725. The molecule has 4 unspecified atom stereocenters. The molecule has 0 aliphatic heterocycles. The Morgan fingerprint density at radius 1 is 1.09 bits per heavy atom. The first kappa shape index (κ1) is 23.2. The van der Waals surface area contributed by atoms with Crippen LogP contribution >= 0.6 is 0 Å². The Balaban J connectivity index is 1.91. The van der Waals surface area contributed by atoms with Crippen molar-refractivity contribution in [2.45, 2.75) is 52.3 Å². The van der Waals surface area contributed by atoms with E-state index in [0.29, 0.717) is 12.1 Å². The van der Waals surface area contributed by atoms with Crippen LogP contribution in [0.3, 0.4) is 0 Å². The summed E-state index contributed by atoms with van der Waals surface area (Å²) in [5.41, 5.74) is 2.57. The highest BCUT2D eigenvalue weighted by molar-refractivity contribution is 6.10. The van der Waals surface area contributed by atoms with E-state index in [-0.39, 0.29) is 11.6 Å². The van der Waals surface area contributed by atoms with Gasteiger partial charge in [0.15, 0.2) is 6.04 Å². The molecule has 32 heavy (non-hydrogen) atoms. The molecule has 3 rings (SSSR count). The molecule has 0 aliphatic rings. The molecule has 2 amide bonds. The average Bonchev–Trinajstić information content (AvgIpc) is 3.13. The van der Waals surface area contributed by atoms with Crippen molar-refractivity contribution < 1.29 is 24.6 Å². The molecule has 0 saturated carbocycles. The lowest BCUT2D eigenvalue weighted by atomic mass is 9.97. The van der Waals surface area contributed by atoms with Gasteiger partial charge in [0, 0.05) is 16.3 Å². The zero-order chi connectivity index (χ0) is 23.6. The van der Waals surface area contributed by atoms with Gasteiger partial charge in [0.25, 0.3) is 5.91 Å². The first-order chi connectivity index (χ1) is 15.1. The SMILES string of the molecule is CCC(C)C(NC(=O)c1cc2c([nH]c3ccccc32)c(C)n1)C(=O)NC(C(=O)O)C(C)O. The van der Waals surface area contributed by atoms with Gasteiger partial charge in [0.2, 0.25) is 5.91 Å². The van der Waals surface area contributed by atoms with E-state index in [2.05, 4.69) is 20.6 Å². The number of aliphatic carboxylic acids is 1. The van der Waals surface area contributed by atoms with Crippen LogP contribution in [0.25, 0.3) is 21.8 Å². The fraction of sp³-hybridized carbons (Fsp3) is 0.391. The molecule has 3 aromatic rings. The summed E-state index contributed by atoms with van der Waals surface area (Å²) < 4.78 is 0. The summed E-state index contributed by atoms with van der Waals surface area (Å²) in [5.74, 6) is -2.85. The van der Waals surface area contributed by atoms with E-state index in [1.165, 1.54) is 6.92 Å². The van der Waals surface area contributed by atoms with Crippen molar-refractivity contribution in [3.63, 3.8) is 0 Å². The van der Waals surface area contributed by atoms with E-state index in [0.717, 1.165) is 21.8 Å². The minimum absolute atomic E-state index is 0.158. The predicted molar refractivity (Wildman–Crippen MR) is 120 cm³/mol. The van der Waals surface area contributed by atoms with Crippen molar-refractivity contribution in [3.8, 4) is 0 Å². The molecular formula is C23H28N4O5. The van der Waals surface area contributed by atoms with Crippen LogP contribution in [-0.2, 0) is 9.59 Å². The number of carbonyl (C=O) groups is 3. The molecule has 0 radical (unpaired) electrons. The van der Waals surface area contributed by atoms with Gasteiger partial charge in [-0.3, -0.25) is 9.59 Å². The maximum Gasteiger partial charge on any atom is 0.328 e. The molecule has 170 valence electrons. The summed E-state index contributed by atoms with van der Waals surface area (Å²) in [4.78, 5) is 44.9. The lowest BCUT2D eigenvalue weighted by Crippen LogP contribution is -2.56. The maximum atomic E-state index is 13.1. The number of carboxylic acid groups (broad SMARTS) is 1. The van der Waals surface area contributed by atoms with E-state index in [9.17, 15) is 24.6 Å². The third-order valence-electron chi connectivity index (χ3n) is 5.74. The molecule has 0 bridgehead atoms. The Kier molecular flexibility index (Phi) is 6.78. The summed E-state index contributed by atoms with van der Waals surface area (Å²) in [6.45, 7) is 6.72. The number of carbonyl (C=O) groups excluding carboxylic acids is 2. The number of aromatic nitrogens is 2. The van der Waals surface area contributed by atoms with Gasteiger partial charge in [0.05, 0.1) is 17.3 Å². The fourth-order valence-corrected chi connectivity index (χ4v) is 3.67. The van der Waals surface area contributed by atoms with Gasteiger partial charge in [0.1, 0.15) is 11.7 Å². The molecule has 1 aromatic carbocycles. The number of aliphatic hydroxyl groups is 1. The van der Waals surface area contributed by atoms with Crippen molar-refractivity contribution >= 4 is 39.6 Å². The first-order valence-corrected chi connectivity index (χ1v) is 10.5. The van der Waals surface area contributed by atoms with E-state index in [1.54, 1.807) is 19.9 Å². The number of aliphatic hydroxyl groups excluding tert-OH is 1. The van der Waals surface area contributed by atoms with Crippen LogP contribution in [0.4, 0.5) is 0 Å². The van der Waals surface area contributed by atoms with Crippen molar-refractivity contribution in [2.75, 3.05) is 0 Å². The van der Waals surface area contributed by atoms with Crippen LogP contribution in [0, 0.1) is 12.8 Å². The molecule has 2 heterocycles. The van der Waals surface area contributed by atoms with E-state index in [1.807, 2.05) is 31.2 Å². The van der Waals surface area contributed by atoms with Crippen molar-refractivity contribution in [1.82, 2.24) is 20.6 Å². The lowest BCUT2D eigenvalue weighted by Gasteiger charge is -2.26. The highest BCUT2D eigenvalue weighted by atomic mass is 16.4. The Bertz CT molecular complexity index is 1170. The van der Waals surface area contributed by atoms with Crippen LogP contribution in [0.5, 0.6) is 0 Å². The summed E-state index contributed by atoms with van der Waals surface area (Å²) in [7, 11) is 0. The Morgan fingerprint density at radius 2 is 1.78 bits per heavy atom. The lowest BCUT2D eigenvalue weighted by molar-refractivity contribution is -0.145. The smallest absolute Gasteiger partial charge is 0.328 e. The minimum atomic E-state index is -1.48. The molecule has 5 N–H and O–H groups in total. The fourth-order valence-electron chi connectivity index (χ4n) is 3.67. The summed E-state index contributed by atoms with van der Waals surface area (Å²) >= 11 is 0. The predicted octanol–water partition coefficient (Wildman–Crippen LogP) is 2.12. The number of fused-ring (bicyclic) bond motifs is 3. The van der Waals surface area contributed by atoms with Crippen molar-refractivity contribution in [3.05, 3.63) is 41.7 Å². The van der Waals surface area contributed by atoms with Crippen LogP contribution in [0.2, 0.25) is 0 Å². The van der Waals surface area contributed by atoms with Gasteiger partial charge in [-0.25, -0.2) is 9.78 Å². The zero-order valence-electron chi connectivity index (χ0n) is 18.5. The number of pyridine rings is 1. The third-order valence-corrected chi connectivity index (χ3v) is 5.74. The number of nitrogens with zero attached hydrogens (tertiary/aromatic N) is 1. The number of aryl methyl sites for hydroxylation is 1. The van der Waals surface area contributed by atoms with Gasteiger partial charge in [-0.2, -0.15) is 0 Å². The number of rotatable bonds is 8. The quantitative estimate of drug-likeness (QED) is 0.363. The molecule has 0 fully saturated rings. The number of carboxylic acids is 1. The second-order valence-electron chi connectivity index (χ2n) is 8.09.